The summed E-state index contributed by atoms with van der Waals surface area (Å²) in [5.41, 5.74) is -0.317. The SMILES string of the molecule is F[B-](F)(F)c1cccc2occc12.[K+]. The summed E-state index contributed by atoms with van der Waals surface area (Å²) in [6.07, 6.45) is 1.26. The van der Waals surface area contributed by atoms with Crippen LogP contribution in [0.5, 0.6) is 0 Å². The summed E-state index contributed by atoms with van der Waals surface area (Å²) in [6, 6.07) is 5.26. The van der Waals surface area contributed by atoms with Crippen LogP contribution < -0.4 is 56.8 Å². The Morgan fingerprint density at radius 2 is 1.79 bits per heavy atom. The van der Waals surface area contributed by atoms with Gasteiger partial charge in [-0.1, -0.05) is 17.6 Å². The molecule has 0 saturated carbocycles. The van der Waals surface area contributed by atoms with Gasteiger partial charge in [0.2, 0.25) is 0 Å². The Bertz CT molecular complexity index is 437. The molecule has 1 aromatic carbocycles. The van der Waals surface area contributed by atoms with Gasteiger partial charge in [-0.2, -0.15) is 0 Å². The van der Waals surface area contributed by atoms with Gasteiger partial charge in [0, 0.05) is 0 Å². The molecular weight excluding hydrogens is 219 g/mol. The minimum atomic E-state index is -4.95. The van der Waals surface area contributed by atoms with Crippen molar-refractivity contribution in [3.05, 3.63) is 30.5 Å². The van der Waals surface area contributed by atoms with Crippen LogP contribution in [0.4, 0.5) is 12.9 Å². The van der Waals surface area contributed by atoms with E-state index in [1.807, 2.05) is 0 Å². The Balaban J connectivity index is 0.000000980. The topological polar surface area (TPSA) is 13.1 Å². The molecule has 0 N–H and O–H groups in total. The second-order valence-corrected chi connectivity index (χ2v) is 2.75. The van der Waals surface area contributed by atoms with Crippen LogP contribution in [-0.2, 0) is 0 Å². The van der Waals surface area contributed by atoms with Gasteiger partial charge < -0.3 is 17.4 Å². The van der Waals surface area contributed by atoms with E-state index in [1.54, 1.807) is 0 Å². The van der Waals surface area contributed by atoms with Crippen molar-refractivity contribution in [3.8, 4) is 0 Å². The van der Waals surface area contributed by atoms with Gasteiger partial charge in [-0.25, -0.2) is 0 Å². The molecule has 0 spiro atoms. The van der Waals surface area contributed by atoms with E-state index in [-0.39, 0.29) is 62.4 Å². The predicted molar refractivity (Wildman–Crippen MR) is 44.9 cm³/mol. The second kappa shape index (κ2) is 4.40. The molecule has 0 atom stereocenters. The quantitative estimate of drug-likeness (QED) is 0.595. The summed E-state index contributed by atoms with van der Waals surface area (Å²) in [4.78, 5) is 0. The molecular formula is C8H5BF3KO. The number of halogens is 3. The van der Waals surface area contributed by atoms with Crippen molar-refractivity contribution in [2.24, 2.45) is 0 Å². The molecule has 6 heteroatoms. The van der Waals surface area contributed by atoms with Crippen LogP contribution in [-0.4, -0.2) is 6.98 Å². The first-order valence-corrected chi connectivity index (χ1v) is 3.75. The van der Waals surface area contributed by atoms with E-state index in [0.717, 1.165) is 6.07 Å². The minimum absolute atomic E-state index is 0. The molecule has 0 aliphatic carbocycles. The van der Waals surface area contributed by atoms with Crippen molar-refractivity contribution in [3.63, 3.8) is 0 Å². The monoisotopic (exact) mass is 224 g/mol. The van der Waals surface area contributed by atoms with Gasteiger partial charge in [-0.3, -0.25) is 0 Å². The fourth-order valence-corrected chi connectivity index (χ4v) is 1.30. The van der Waals surface area contributed by atoms with Crippen LogP contribution in [0.1, 0.15) is 0 Å². The van der Waals surface area contributed by atoms with Crippen molar-refractivity contribution in [1.82, 2.24) is 0 Å². The van der Waals surface area contributed by atoms with Gasteiger partial charge in [0.1, 0.15) is 5.58 Å². The largest absolute Gasteiger partial charge is 1.00 e. The van der Waals surface area contributed by atoms with Crippen LogP contribution in [0, 0.1) is 0 Å². The Hall–Kier alpha value is 0.251. The number of hydrogen-bond donors (Lipinski definition) is 0. The molecule has 0 amide bonds. The average molecular weight is 224 g/mol. The normalized spacial score (nSPS) is 11.4. The predicted octanol–water partition coefficient (Wildman–Crippen LogP) is -0.509. The Morgan fingerprint density at radius 1 is 1.07 bits per heavy atom. The maximum absolute atomic E-state index is 12.4. The molecule has 1 heterocycles. The standard InChI is InChI=1S/C8H5BF3O.K/c10-9(11,12)7-2-1-3-8-6(7)4-5-13-8;/h1-5H;/q-1;+1. The van der Waals surface area contributed by atoms with Crippen molar-refractivity contribution in [2.45, 2.75) is 0 Å². The van der Waals surface area contributed by atoms with E-state index in [4.69, 9.17) is 4.42 Å². The zero-order chi connectivity index (χ0) is 9.47. The third-order valence-corrected chi connectivity index (χ3v) is 1.88. The Kier molecular flexibility index (Phi) is 3.88. The molecule has 2 aromatic rings. The first kappa shape index (κ1) is 12.3. The van der Waals surface area contributed by atoms with Gasteiger partial charge >= 0.3 is 58.4 Å². The van der Waals surface area contributed by atoms with Gasteiger partial charge in [0.15, 0.2) is 0 Å². The fourth-order valence-electron chi connectivity index (χ4n) is 1.30. The van der Waals surface area contributed by atoms with Crippen LogP contribution in [0.3, 0.4) is 0 Å². The molecule has 0 fully saturated rings. The van der Waals surface area contributed by atoms with Gasteiger partial charge in [0.05, 0.1) is 6.26 Å². The Morgan fingerprint density at radius 3 is 2.43 bits per heavy atom. The fraction of sp³-hybridized carbons (Fsp3) is 0. The summed E-state index contributed by atoms with van der Waals surface area (Å²) in [5.74, 6) is 0. The van der Waals surface area contributed by atoms with Crippen LogP contribution in [0.15, 0.2) is 34.9 Å². The van der Waals surface area contributed by atoms with E-state index in [0.29, 0.717) is 0 Å². The smallest absolute Gasteiger partial charge is 0.464 e. The molecule has 14 heavy (non-hydrogen) atoms. The van der Waals surface area contributed by atoms with Crippen LogP contribution >= 0.6 is 0 Å². The molecule has 68 valence electrons. The minimum Gasteiger partial charge on any atom is -0.464 e. The molecule has 0 unspecified atom stereocenters. The van der Waals surface area contributed by atoms with E-state index in [9.17, 15) is 12.9 Å². The zero-order valence-corrected chi connectivity index (χ0v) is 10.6. The maximum Gasteiger partial charge on any atom is 1.00 e. The summed E-state index contributed by atoms with van der Waals surface area (Å²) >= 11 is 0. The molecule has 0 aliphatic heterocycles. The first-order chi connectivity index (χ1) is 6.09. The number of rotatable bonds is 1. The summed E-state index contributed by atoms with van der Waals surface area (Å²) in [7, 11) is 0. The molecule has 0 aliphatic rings. The van der Waals surface area contributed by atoms with Crippen molar-refractivity contribution < 1.29 is 68.7 Å². The average Bonchev–Trinajstić information content (AvgIpc) is 2.48. The third-order valence-electron chi connectivity index (χ3n) is 1.88. The van der Waals surface area contributed by atoms with Crippen LogP contribution in [0.25, 0.3) is 11.0 Å². The van der Waals surface area contributed by atoms with Crippen LogP contribution in [0.2, 0.25) is 0 Å². The number of benzene rings is 1. The number of hydrogen-bond acceptors (Lipinski definition) is 1. The third kappa shape index (κ3) is 2.25. The van der Waals surface area contributed by atoms with E-state index in [1.165, 1.54) is 24.5 Å². The Labute approximate surface area is 121 Å². The molecule has 2 rings (SSSR count). The number of furan rings is 1. The van der Waals surface area contributed by atoms with Crippen molar-refractivity contribution >= 4 is 23.4 Å². The van der Waals surface area contributed by atoms with E-state index >= 15 is 0 Å². The summed E-state index contributed by atoms with van der Waals surface area (Å²) in [6.45, 7) is -4.95. The first-order valence-electron chi connectivity index (χ1n) is 3.75. The number of fused-ring (bicyclic) bond motifs is 1. The van der Waals surface area contributed by atoms with Gasteiger partial charge in [0.25, 0.3) is 0 Å². The van der Waals surface area contributed by atoms with Crippen molar-refractivity contribution in [1.29, 1.82) is 0 Å². The zero-order valence-electron chi connectivity index (χ0n) is 7.51. The van der Waals surface area contributed by atoms with E-state index in [2.05, 4.69) is 0 Å². The molecule has 0 bridgehead atoms. The molecule has 1 nitrogen and oxygen atoms in total. The van der Waals surface area contributed by atoms with Crippen molar-refractivity contribution in [2.75, 3.05) is 0 Å². The van der Waals surface area contributed by atoms with E-state index < -0.39 is 12.4 Å². The van der Waals surface area contributed by atoms with Gasteiger partial charge in [-0.05, 0) is 17.5 Å². The summed E-state index contributed by atoms with van der Waals surface area (Å²) < 4.78 is 42.1. The van der Waals surface area contributed by atoms with Gasteiger partial charge in [-0.15, -0.1) is 0 Å². The maximum atomic E-state index is 12.4. The molecule has 0 radical (unpaired) electrons. The summed E-state index contributed by atoms with van der Waals surface area (Å²) in [5, 5.41) is 0.134. The molecule has 1 aromatic heterocycles. The molecule has 0 saturated heterocycles. The second-order valence-electron chi connectivity index (χ2n) is 2.75.